The number of ether oxygens (including phenoxy) is 1. The van der Waals surface area contributed by atoms with E-state index in [0.29, 0.717) is 11.7 Å². The van der Waals surface area contributed by atoms with Crippen LogP contribution < -0.4 is 0 Å². The van der Waals surface area contributed by atoms with Gasteiger partial charge in [0.2, 0.25) is 0 Å². The van der Waals surface area contributed by atoms with Crippen LogP contribution in [0.1, 0.15) is 58.3 Å². The Morgan fingerprint density at radius 2 is 2.12 bits per heavy atom. The van der Waals surface area contributed by atoms with Gasteiger partial charge >= 0.3 is 0 Å². The lowest BCUT2D eigenvalue weighted by Gasteiger charge is -2.33. The van der Waals surface area contributed by atoms with Gasteiger partial charge in [-0.25, -0.2) is 0 Å². The van der Waals surface area contributed by atoms with Crippen LogP contribution in [0.2, 0.25) is 0 Å². The molecule has 5 atom stereocenters. The Kier molecular flexibility index (Phi) is 1.95. The van der Waals surface area contributed by atoms with Gasteiger partial charge in [0.15, 0.2) is 0 Å². The van der Waals surface area contributed by atoms with Gasteiger partial charge in [0, 0.05) is 12.3 Å². The van der Waals surface area contributed by atoms with Crippen LogP contribution in [0.15, 0.2) is 0 Å². The molecule has 94 valence electrons. The summed E-state index contributed by atoms with van der Waals surface area (Å²) < 4.78 is 6.58. The Morgan fingerprint density at radius 1 is 1.24 bits per heavy atom. The quantitative estimate of drug-likeness (QED) is 0.644. The highest BCUT2D eigenvalue weighted by Crippen LogP contribution is 2.61. The number of hydrogen-bond acceptors (Lipinski definition) is 2. The predicted molar refractivity (Wildman–Crippen MR) is 64.6 cm³/mol. The molecule has 4 fully saturated rings. The average molecular weight is 234 g/mol. The second-order valence-electron chi connectivity index (χ2n) is 7.05. The zero-order valence-electron chi connectivity index (χ0n) is 10.7. The summed E-state index contributed by atoms with van der Waals surface area (Å²) in [7, 11) is 0. The van der Waals surface area contributed by atoms with Gasteiger partial charge in [0.1, 0.15) is 5.78 Å². The van der Waals surface area contributed by atoms with E-state index in [-0.39, 0.29) is 17.1 Å². The number of carbonyl (C=O) groups excluding carboxylic acids is 1. The van der Waals surface area contributed by atoms with Crippen LogP contribution in [0.3, 0.4) is 0 Å². The van der Waals surface area contributed by atoms with E-state index in [1.165, 1.54) is 32.1 Å². The molecule has 2 aliphatic heterocycles. The van der Waals surface area contributed by atoms with Crippen molar-refractivity contribution in [3.05, 3.63) is 0 Å². The minimum Gasteiger partial charge on any atom is -0.368 e. The maximum Gasteiger partial charge on any atom is 0.139 e. The summed E-state index contributed by atoms with van der Waals surface area (Å²) in [6.45, 7) is 2.23. The SMILES string of the molecule is C[C@@]12CC[C@]3(CCCC3CC3CCC(=O)C31)O2. The average Bonchev–Trinajstić information content (AvgIpc) is 2.90. The van der Waals surface area contributed by atoms with Crippen molar-refractivity contribution in [2.45, 2.75) is 69.5 Å². The van der Waals surface area contributed by atoms with E-state index in [1.54, 1.807) is 0 Å². The second kappa shape index (κ2) is 3.14. The molecular formula is C15H22O2. The lowest BCUT2D eigenvalue weighted by molar-refractivity contribution is -0.144. The first-order chi connectivity index (χ1) is 8.13. The molecule has 4 rings (SSSR count). The van der Waals surface area contributed by atoms with E-state index in [1.807, 2.05) is 0 Å². The Morgan fingerprint density at radius 3 is 3.00 bits per heavy atom. The molecule has 2 saturated carbocycles. The van der Waals surface area contributed by atoms with Crippen LogP contribution in [0, 0.1) is 17.8 Å². The fraction of sp³-hybridized carbons (Fsp3) is 0.933. The summed E-state index contributed by atoms with van der Waals surface area (Å²) in [6.07, 6.45) is 9.48. The third-order valence-electron chi connectivity index (χ3n) is 6.20. The first kappa shape index (κ1) is 10.5. The molecule has 3 unspecified atom stereocenters. The van der Waals surface area contributed by atoms with Crippen molar-refractivity contribution in [3.63, 3.8) is 0 Å². The monoisotopic (exact) mass is 234 g/mol. The molecule has 0 radical (unpaired) electrons. The first-order valence-corrected chi connectivity index (χ1v) is 7.36. The van der Waals surface area contributed by atoms with Crippen LogP contribution in [0.5, 0.6) is 0 Å². The first-order valence-electron chi connectivity index (χ1n) is 7.36. The Bertz CT molecular complexity index is 377. The summed E-state index contributed by atoms with van der Waals surface area (Å²) in [4.78, 5) is 12.2. The lowest BCUT2D eigenvalue weighted by atomic mass is 9.71. The lowest BCUT2D eigenvalue weighted by Crippen LogP contribution is -2.40. The van der Waals surface area contributed by atoms with Crippen molar-refractivity contribution in [2.75, 3.05) is 0 Å². The second-order valence-corrected chi connectivity index (χ2v) is 7.05. The summed E-state index contributed by atoms with van der Waals surface area (Å²) in [5.41, 5.74) is 0.0662. The molecule has 1 spiro atoms. The fourth-order valence-electron chi connectivity index (χ4n) is 5.53. The van der Waals surface area contributed by atoms with Crippen molar-refractivity contribution < 1.29 is 9.53 Å². The molecule has 0 aromatic rings. The molecule has 2 heteroatoms. The van der Waals surface area contributed by atoms with Gasteiger partial charge in [-0.05, 0) is 57.3 Å². The largest absolute Gasteiger partial charge is 0.368 e. The van der Waals surface area contributed by atoms with E-state index in [4.69, 9.17) is 4.74 Å². The van der Waals surface area contributed by atoms with E-state index < -0.39 is 0 Å². The maximum absolute atomic E-state index is 12.2. The molecule has 17 heavy (non-hydrogen) atoms. The standard InChI is InChI=1S/C15H22O2/c1-14-7-8-15(17-14)6-2-3-11(15)9-10-4-5-12(16)13(10)14/h10-11,13H,2-9H2,1H3/t10?,11?,13?,14-,15+/m1/s1. The van der Waals surface area contributed by atoms with Gasteiger partial charge in [-0.1, -0.05) is 6.42 Å². The van der Waals surface area contributed by atoms with E-state index in [9.17, 15) is 4.79 Å². The number of rotatable bonds is 0. The molecule has 0 amide bonds. The van der Waals surface area contributed by atoms with Crippen LogP contribution in [0.4, 0.5) is 0 Å². The maximum atomic E-state index is 12.2. The Hall–Kier alpha value is -0.370. The molecule has 2 saturated heterocycles. The smallest absolute Gasteiger partial charge is 0.139 e. The zero-order valence-corrected chi connectivity index (χ0v) is 10.7. The van der Waals surface area contributed by atoms with Crippen LogP contribution in [-0.2, 0) is 9.53 Å². The normalized spacial score (nSPS) is 56.8. The summed E-state index contributed by atoms with van der Waals surface area (Å²) in [5, 5.41) is 0. The molecule has 0 aromatic carbocycles. The summed E-state index contributed by atoms with van der Waals surface area (Å²) in [5.74, 6) is 2.12. The van der Waals surface area contributed by atoms with Crippen LogP contribution in [-0.4, -0.2) is 17.0 Å². The molecule has 2 nitrogen and oxygen atoms in total. The highest BCUT2D eigenvalue weighted by atomic mass is 16.5. The molecule has 4 aliphatic rings. The van der Waals surface area contributed by atoms with Crippen molar-refractivity contribution in [1.82, 2.24) is 0 Å². The number of hydrogen-bond donors (Lipinski definition) is 0. The highest BCUT2D eigenvalue weighted by Gasteiger charge is 2.62. The molecule has 2 heterocycles. The number of ketones is 1. The third kappa shape index (κ3) is 1.23. The van der Waals surface area contributed by atoms with E-state index in [0.717, 1.165) is 25.2 Å². The molecular weight excluding hydrogens is 212 g/mol. The van der Waals surface area contributed by atoms with Gasteiger partial charge in [-0.15, -0.1) is 0 Å². The Balaban J connectivity index is 1.78. The molecule has 2 bridgehead atoms. The number of carbonyl (C=O) groups is 1. The van der Waals surface area contributed by atoms with Crippen molar-refractivity contribution >= 4 is 5.78 Å². The molecule has 2 aliphatic carbocycles. The van der Waals surface area contributed by atoms with Crippen molar-refractivity contribution in [1.29, 1.82) is 0 Å². The van der Waals surface area contributed by atoms with E-state index in [2.05, 4.69) is 6.92 Å². The third-order valence-corrected chi connectivity index (χ3v) is 6.20. The highest BCUT2D eigenvalue weighted by molar-refractivity contribution is 5.84. The summed E-state index contributed by atoms with van der Waals surface area (Å²) >= 11 is 0. The van der Waals surface area contributed by atoms with Crippen LogP contribution >= 0.6 is 0 Å². The summed E-state index contributed by atoms with van der Waals surface area (Å²) in [6, 6.07) is 0. The Labute approximate surface area is 103 Å². The minimum absolute atomic E-state index is 0.114. The van der Waals surface area contributed by atoms with Gasteiger partial charge in [-0.2, -0.15) is 0 Å². The van der Waals surface area contributed by atoms with Crippen LogP contribution in [0.25, 0.3) is 0 Å². The van der Waals surface area contributed by atoms with E-state index >= 15 is 0 Å². The van der Waals surface area contributed by atoms with Gasteiger partial charge in [-0.3, -0.25) is 4.79 Å². The zero-order chi connectivity index (χ0) is 11.7. The number of fused-ring (bicyclic) bond motifs is 3. The van der Waals surface area contributed by atoms with Crippen molar-refractivity contribution in [3.8, 4) is 0 Å². The van der Waals surface area contributed by atoms with Crippen molar-refractivity contribution in [2.24, 2.45) is 17.8 Å². The minimum atomic E-state index is -0.114. The van der Waals surface area contributed by atoms with Gasteiger partial charge in [0.05, 0.1) is 11.2 Å². The van der Waals surface area contributed by atoms with Gasteiger partial charge < -0.3 is 4.74 Å². The fourth-order valence-corrected chi connectivity index (χ4v) is 5.53. The molecule has 0 aromatic heterocycles. The predicted octanol–water partition coefficient (Wildman–Crippen LogP) is 3.09. The number of Topliss-reactive ketones (excluding diaryl/α,β-unsaturated/α-hetero) is 1. The molecule has 0 N–H and O–H groups in total. The topological polar surface area (TPSA) is 26.3 Å². The van der Waals surface area contributed by atoms with Gasteiger partial charge in [0.25, 0.3) is 0 Å².